The van der Waals surface area contributed by atoms with Crippen molar-refractivity contribution in [3.8, 4) is 0 Å². The van der Waals surface area contributed by atoms with Crippen LogP contribution in [-0.2, 0) is 9.59 Å². The Balaban J connectivity index is 2.86. The van der Waals surface area contributed by atoms with Crippen molar-refractivity contribution in [3.63, 3.8) is 0 Å². The number of alkyl halides is 1. The summed E-state index contributed by atoms with van der Waals surface area (Å²) in [7, 11) is 0. The third-order valence-corrected chi connectivity index (χ3v) is 2.76. The van der Waals surface area contributed by atoms with Crippen LogP contribution in [0.15, 0.2) is 0 Å². The van der Waals surface area contributed by atoms with Crippen molar-refractivity contribution in [1.82, 2.24) is 0 Å². The van der Waals surface area contributed by atoms with Crippen molar-refractivity contribution in [2.24, 2.45) is 5.41 Å². The molecule has 0 heterocycles. The minimum absolute atomic E-state index is 0.188. The number of carboxylic acid groups (broad SMARTS) is 1. The van der Waals surface area contributed by atoms with Gasteiger partial charge in [-0.25, -0.2) is 0 Å². The summed E-state index contributed by atoms with van der Waals surface area (Å²) in [6, 6.07) is 0. The van der Waals surface area contributed by atoms with E-state index in [4.69, 9.17) is 16.7 Å². The highest BCUT2D eigenvalue weighted by Gasteiger charge is 2.47. The Bertz CT molecular complexity index is 206. The van der Waals surface area contributed by atoms with E-state index >= 15 is 0 Å². The number of ketones is 1. The molecule has 1 rings (SSSR count). The van der Waals surface area contributed by atoms with Crippen molar-refractivity contribution in [2.75, 3.05) is 5.88 Å². The maximum Gasteiger partial charge on any atom is 0.317 e. The lowest BCUT2D eigenvalue weighted by Gasteiger charge is -2.20. The number of aliphatic carboxylic acids is 1. The Morgan fingerprint density at radius 3 is 2.17 bits per heavy atom. The van der Waals surface area contributed by atoms with Crippen molar-refractivity contribution < 1.29 is 14.7 Å². The Labute approximate surface area is 75.7 Å². The Morgan fingerprint density at radius 2 is 1.83 bits per heavy atom. The Hall–Kier alpha value is -0.570. The fourth-order valence-electron chi connectivity index (χ4n) is 1.72. The van der Waals surface area contributed by atoms with E-state index < -0.39 is 11.4 Å². The van der Waals surface area contributed by atoms with Gasteiger partial charge in [0, 0.05) is 0 Å². The number of carboxylic acids is 1. The van der Waals surface area contributed by atoms with Gasteiger partial charge in [-0.3, -0.25) is 9.59 Å². The molecule has 0 atom stereocenters. The van der Waals surface area contributed by atoms with Crippen LogP contribution in [0.4, 0.5) is 0 Å². The van der Waals surface area contributed by atoms with Gasteiger partial charge in [0.15, 0.2) is 5.78 Å². The lowest BCUT2D eigenvalue weighted by molar-refractivity contribution is -0.153. The summed E-state index contributed by atoms with van der Waals surface area (Å²) in [6.07, 6.45) is 2.53. The minimum Gasteiger partial charge on any atom is -0.480 e. The highest BCUT2D eigenvalue weighted by Crippen LogP contribution is 2.39. The van der Waals surface area contributed by atoms with E-state index in [9.17, 15) is 9.59 Å². The third-order valence-electron chi connectivity index (χ3n) is 2.52. The van der Waals surface area contributed by atoms with Crippen molar-refractivity contribution >= 4 is 23.4 Å². The van der Waals surface area contributed by atoms with Crippen LogP contribution >= 0.6 is 11.6 Å². The molecule has 0 spiro atoms. The molecule has 4 heteroatoms. The Kier molecular flexibility index (Phi) is 2.73. The summed E-state index contributed by atoms with van der Waals surface area (Å²) in [5.74, 6) is -1.54. The summed E-state index contributed by atoms with van der Waals surface area (Å²) < 4.78 is 0. The lowest BCUT2D eigenvalue weighted by atomic mass is 9.82. The van der Waals surface area contributed by atoms with Crippen LogP contribution in [0.25, 0.3) is 0 Å². The smallest absolute Gasteiger partial charge is 0.317 e. The van der Waals surface area contributed by atoms with Crippen LogP contribution in [-0.4, -0.2) is 22.7 Å². The van der Waals surface area contributed by atoms with Gasteiger partial charge in [0.25, 0.3) is 0 Å². The van der Waals surface area contributed by atoms with Gasteiger partial charge in [0.2, 0.25) is 0 Å². The zero-order valence-corrected chi connectivity index (χ0v) is 7.43. The van der Waals surface area contributed by atoms with E-state index in [1.807, 2.05) is 0 Å². The van der Waals surface area contributed by atoms with Gasteiger partial charge < -0.3 is 5.11 Å². The van der Waals surface area contributed by atoms with Crippen LogP contribution < -0.4 is 0 Å². The molecule has 1 aliphatic rings. The standard InChI is InChI=1S/C8H11ClO3/c9-5-6(10)8(7(11)12)3-1-2-4-8/h1-5H2,(H,11,12). The molecular formula is C8H11ClO3. The Morgan fingerprint density at radius 1 is 1.33 bits per heavy atom. The van der Waals surface area contributed by atoms with Gasteiger partial charge in [-0.2, -0.15) is 0 Å². The van der Waals surface area contributed by atoms with Gasteiger partial charge in [-0.05, 0) is 12.8 Å². The molecule has 0 saturated heterocycles. The molecule has 12 heavy (non-hydrogen) atoms. The normalized spacial score (nSPS) is 20.8. The summed E-state index contributed by atoms with van der Waals surface area (Å²) in [5.41, 5.74) is -1.15. The fourth-order valence-corrected chi connectivity index (χ4v) is 1.97. The summed E-state index contributed by atoms with van der Waals surface area (Å²) in [4.78, 5) is 22.1. The average molecular weight is 191 g/mol. The molecule has 1 fully saturated rings. The summed E-state index contributed by atoms with van der Waals surface area (Å²) in [5, 5.41) is 8.89. The van der Waals surface area contributed by atoms with E-state index in [-0.39, 0.29) is 11.7 Å². The van der Waals surface area contributed by atoms with Gasteiger partial charge >= 0.3 is 5.97 Å². The number of Topliss-reactive ketones (excluding diaryl/α,β-unsaturated/α-hetero) is 1. The first-order valence-electron chi connectivity index (χ1n) is 3.96. The summed E-state index contributed by atoms with van der Waals surface area (Å²) >= 11 is 5.35. The second kappa shape index (κ2) is 3.44. The van der Waals surface area contributed by atoms with Crippen molar-refractivity contribution in [2.45, 2.75) is 25.7 Å². The lowest BCUT2D eigenvalue weighted by Crippen LogP contribution is -2.37. The second-order valence-corrected chi connectivity index (χ2v) is 3.42. The molecule has 0 aromatic carbocycles. The number of carbonyl (C=O) groups excluding carboxylic acids is 1. The number of halogens is 1. The van der Waals surface area contributed by atoms with E-state index in [1.165, 1.54) is 0 Å². The molecule has 3 nitrogen and oxygen atoms in total. The minimum atomic E-state index is -1.15. The molecule has 1 N–H and O–H groups in total. The zero-order chi connectivity index (χ0) is 9.19. The average Bonchev–Trinajstić information content (AvgIpc) is 2.52. The molecule has 0 radical (unpaired) electrons. The molecular weight excluding hydrogens is 180 g/mol. The molecule has 0 unspecified atom stereocenters. The van der Waals surface area contributed by atoms with Crippen LogP contribution in [0.1, 0.15) is 25.7 Å². The first kappa shape index (κ1) is 9.52. The van der Waals surface area contributed by atoms with Gasteiger partial charge in [-0.1, -0.05) is 12.8 Å². The molecule has 1 aliphatic carbocycles. The first-order chi connectivity index (χ1) is 5.63. The van der Waals surface area contributed by atoms with Gasteiger partial charge in [0.1, 0.15) is 5.41 Å². The number of hydrogen-bond donors (Lipinski definition) is 1. The third kappa shape index (κ3) is 1.33. The quantitative estimate of drug-likeness (QED) is 0.541. The van der Waals surface area contributed by atoms with Crippen LogP contribution in [0, 0.1) is 5.41 Å². The van der Waals surface area contributed by atoms with E-state index in [1.54, 1.807) is 0 Å². The topological polar surface area (TPSA) is 54.4 Å². The van der Waals surface area contributed by atoms with E-state index in [0.29, 0.717) is 12.8 Å². The summed E-state index contributed by atoms with van der Waals surface area (Å²) in [6.45, 7) is 0. The zero-order valence-electron chi connectivity index (χ0n) is 6.68. The predicted octanol–water partition coefficient (Wildman–Crippen LogP) is 1.44. The predicted molar refractivity (Wildman–Crippen MR) is 44.3 cm³/mol. The first-order valence-corrected chi connectivity index (χ1v) is 4.49. The highest BCUT2D eigenvalue weighted by molar-refractivity contribution is 6.30. The second-order valence-electron chi connectivity index (χ2n) is 3.15. The maximum absolute atomic E-state index is 11.3. The van der Waals surface area contributed by atoms with Crippen LogP contribution in [0.5, 0.6) is 0 Å². The monoisotopic (exact) mass is 190 g/mol. The van der Waals surface area contributed by atoms with E-state index in [0.717, 1.165) is 12.8 Å². The highest BCUT2D eigenvalue weighted by atomic mass is 35.5. The molecule has 0 amide bonds. The van der Waals surface area contributed by atoms with Crippen LogP contribution in [0.2, 0.25) is 0 Å². The van der Waals surface area contributed by atoms with Gasteiger partial charge in [-0.15, -0.1) is 11.6 Å². The molecule has 1 saturated carbocycles. The maximum atomic E-state index is 11.3. The number of hydrogen-bond acceptors (Lipinski definition) is 2. The molecule has 68 valence electrons. The number of rotatable bonds is 3. The molecule has 0 aromatic rings. The van der Waals surface area contributed by atoms with Crippen molar-refractivity contribution in [1.29, 1.82) is 0 Å². The fraction of sp³-hybridized carbons (Fsp3) is 0.750. The number of carbonyl (C=O) groups is 2. The van der Waals surface area contributed by atoms with Gasteiger partial charge in [0.05, 0.1) is 5.88 Å². The largest absolute Gasteiger partial charge is 0.480 e. The van der Waals surface area contributed by atoms with E-state index in [2.05, 4.69) is 0 Å². The molecule has 0 aliphatic heterocycles. The molecule has 0 bridgehead atoms. The SMILES string of the molecule is O=C(O)C1(C(=O)CCl)CCCC1. The van der Waals surface area contributed by atoms with Crippen molar-refractivity contribution in [3.05, 3.63) is 0 Å². The van der Waals surface area contributed by atoms with Crippen LogP contribution in [0.3, 0.4) is 0 Å². The molecule has 0 aromatic heterocycles.